The average molecular weight is 480 g/mol. The minimum absolute atomic E-state index is 0.0543. The molecule has 1 saturated heterocycles. The van der Waals surface area contributed by atoms with E-state index in [2.05, 4.69) is 10.6 Å². The van der Waals surface area contributed by atoms with Gasteiger partial charge in [-0.05, 0) is 78.9 Å². The summed E-state index contributed by atoms with van der Waals surface area (Å²) in [5.41, 5.74) is 4.39. The summed E-state index contributed by atoms with van der Waals surface area (Å²) in [7, 11) is 0. The van der Waals surface area contributed by atoms with Gasteiger partial charge in [0.05, 0.1) is 10.6 Å². The van der Waals surface area contributed by atoms with Crippen LogP contribution in [0.5, 0.6) is 0 Å². The largest absolute Gasteiger partial charge is 0.322 e. The number of aryl methyl sites for hydroxylation is 1. The Balaban J connectivity index is 1.41. The van der Waals surface area contributed by atoms with Gasteiger partial charge in [-0.3, -0.25) is 9.59 Å². The van der Waals surface area contributed by atoms with Crippen molar-refractivity contribution in [1.82, 2.24) is 5.32 Å². The number of nitrogens with one attached hydrogen (secondary N) is 2. The molecule has 0 aliphatic carbocycles. The van der Waals surface area contributed by atoms with Crippen molar-refractivity contribution in [1.29, 1.82) is 0 Å². The SMILES string of the molecule is Cc1cc(NC(=O)c2ccccc2Cl)ccc1C(=O)N1CCC2CNC2c2cc(Cl)ccc21. The molecule has 2 N–H and O–H groups in total. The summed E-state index contributed by atoms with van der Waals surface area (Å²) in [5.74, 6) is 0.158. The molecule has 2 aliphatic heterocycles. The second-order valence-corrected chi connectivity index (χ2v) is 9.40. The second kappa shape index (κ2) is 8.82. The number of hydrogen-bond donors (Lipinski definition) is 2. The van der Waals surface area contributed by atoms with Gasteiger partial charge in [0.15, 0.2) is 0 Å². The van der Waals surface area contributed by atoms with Gasteiger partial charge in [-0.15, -0.1) is 0 Å². The molecular weight excluding hydrogens is 457 g/mol. The first-order chi connectivity index (χ1) is 15.9. The van der Waals surface area contributed by atoms with Crippen molar-refractivity contribution in [2.24, 2.45) is 5.92 Å². The predicted molar refractivity (Wildman–Crippen MR) is 133 cm³/mol. The topological polar surface area (TPSA) is 61.4 Å². The Kier molecular flexibility index (Phi) is 5.87. The highest BCUT2D eigenvalue weighted by Gasteiger charge is 2.38. The van der Waals surface area contributed by atoms with E-state index >= 15 is 0 Å². The van der Waals surface area contributed by atoms with E-state index in [-0.39, 0.29) is 17.9 Å². The molecule has 0 spiro atoms. The molecule has 0 saturated carbocycles. The summed E-state index contributed by atoms with van der Waals surface area (Å²) in [4.78, 5) is 28.1. The monoisotopic (exact) mass is 479 g/mol. The fourth-order valence-electron chi connectivity index (χ4n) is 4.65. The quantitative estimate of drug-likeness (QED) is 0.493. The fraction of sp³-hybridized carbons (Fsp3) is 0.231. The molecule has 0 aromatic heterocycles. The second-order valence-electron chi connectivity index (χ2n) is 8.56. The molecule has 7 heteroatoms. The summed E-state index contributed by atoms with van der Waals surface area (Å²) >= 11 is 12.4. The summed E-state index contributed by atoms with van der Waals surface area (Å²) in [6, 6.07) is 18.2. The predicted octanol–water partition coefficient (Wildman–Crippen LogP) is 5.87. The van der Waals surface area contributed by atoms with Crippen LogP contribution in [-0.2, 0) is 0 Å². The lowest BCUT2D eigenvalue weighted by molar-refractivity contribution is 0.0983. The van der Waals surface area contributed by atoms with E-state index in [9.17, 15) is 9.59 Å². The molecular formula is C26H23Cl2N3O2. The Morgan fingerprint density at radius 3 is 2.58 bits per heavy atom. The maximum Gasteiger partial charge on any atom is 0.258 e. The van der Waals surface area contributed by atoms with Gasteiger partial charge in [-0.2, -0.15) is 0 Å². The molecule has 2 atom stereocenters. The molecule has 168 valence electrons. The number of hydrogen-bond acceptors (Lipinski definition) is 3. The number of nitrogens with zero attached hydrogens (tertiary/aromatic N) is 1. The molecule has 2 heterocycles. The average Bonchev–Trinajstić information content (AvgIpc) is 2.86. The third-order valence-corrected chi connectivity index (χ3v) is 7.05. The molecule has 2 aliphatic rings. The van der Waals surface area contributed by atoms with Crippen LogP contribution in [0.1, 0.15) is 44.3 Å². The Labute approximate surface area is 202 Å². The Hall–Kier alpha value is -2.86. The van der Waals surface area contributed by atoms with Gasteiger partial charge in [0.2, 0.25) is 0 Å². The number of fused-ring (bicyclic) bond motifs is 3. The van der Waals surface area contributed by atoms with Gasteiger partial charge in [0, 0.05) is 41.1 Å². The van der Waals surface area contributed by atoms with Gasteiger partial charge < -0.3 is 15.5 Å². The van der Waals surface area contributed by atoms with E-state index in [1.165, 1.54) is 0 Å². The van der Waals surface area contributed by atoms with Crippen LogP contribution in [0.2, 0.25) is 10.0 Å². The number of rotatable bonds is 3. The third kappa shape index (κ3) is 4.12. The molecule has 5 nitrogen and oxygen atoms in total. The van der Waals surface area contributed by atoms with Crippen LogP contribution in [0.4, 0.5) is 11.4 Å². The Bertz CT molecular complexity index is 1260. The minimum Gasteiger partial charge on any atom is -0.322 e. The highest BCUT2D eigenvalue weighted by Crippen LogP contribution is 2.42. The van der Waals surface area contributed by atoms with E-state index in [0.717, 1.165) is 29.8 Å². The van der Waals surface area contributed by atoms with Crippen molar-refractivity contribution >= 4 is 46.4 Å². The summed E-state index contributed by atoms with van der Waals surface area (Å²) in [6.07, 6.45) is 0.931. The van der Waals surface area contributed by atoms with Gasteiger partial charge >= 0.3 is 0 Å². The van der Waals surface area contributed by atoms with Crippen molar-refractivity contribution in [3.05, 3.63) is 93.0 Å². The molecule has 0 bridgehead atoms. The van der Waals surface area contributed by atoms with Gasteiger partial charge in [-0.25, -0.2) is 0 Å². The van der Waals surface area contributed by atoms with Crippen LogP contribution in [0.3, 0.4) is 0 Å². The molecule has 2 unspecified atom stereocenters. The number of anilines is 2. The van der Waals surface area contributed by atoms with Crippen molar-refractivity contribution in [2.45, 2.75) is 19.4 Å². The van der Waals surface area contributed by atoms with E-state index in [1.807, 2.05) is 36.1 Å². The molecule has 2 amide bonds. The lowest BCUT2D eigenvalue weighted by Crippen LogP contribution is -2.45. The van der Waals surface area contributed by atoms with Gasteiger partial charge in [0.25, 0.3) is 11.8 Å². The van der Waals surface area contributed by atoms with Crippen molar-refractivity contribution in [3.63, 3.8) is 0 Å². The first kappa shape index (κ1) is 22.0. The molecule has 0 radical (unpaired) electrons. The van der Waals surface area contributed by atoms with Gasteiger partial charge in [-0.1, -0.05) is 35.3 Å². The number of carbonyl (C=O) groups excluding carboxylic acids is 2. The zero-order valence-electron chi connectivity index (χ0n) is 18.1. The van der Waals surface area contributed by atoms with E-state index in [0.29, 0.717) is 39.3 Å². The Morgan fingerprint density at radius 2 is 1.85 bits per heavy atom. The highest BCUT2D eigenvalue weighted by atomic mass is 35.5. The summed E-state index contributed by atoms with van der Waals surface area (Å²) < 4.78 is 0. The van der Waals surface area contributed by atoms with Gasteiger partial charge in [0.1, 0.15) is 0 Å². The lowest BCUT2D eigenvalue weighted by atomic mass is 9.84. The smallest absolute Gasteiger partial charge is 0.258 e. The normalized spacial score (nSPS) is 19.1. The van der Waals surface area contributed by atoms with Crippen LogP contribution < -0.4 is 15.5 Å². The molecule has 3 aromatic rings. The van der Waals surface area contributed by atoms with Crippen molar-refractivity contribution in [2.75, 3.05) is 23.3 Å². The molecule has 3 aromatic carbocycles. The van der Waals surface area contributed by atoms with Crippen LogP contribution in [0, 0.1) is 12.8 Å². The maximum atomic E-state index is 13.6. The number of benzene rings is 3. The third-order valence-electron chi connectivity index (χ3n) is 6.49. The zero-order valence-corrected chi connectivity index (χ0v) is 19.6. The molecule has 5 rings (SSSR count). The minimum atomic E-state index is -0.291. The van der Waals surface area contributed by atoms with E-state index in [1.54, 1.807) is 36.4 Å². The first-order valence-electron chi connectivity index (χ1n) is 10.9. The number of halogens is 2. The maximum absolute atomic E-state index is 13.6. The van der Waals surface area contributed by atoms with E-state index in [4.69, 9.17) is 23.2 Å². The van der Waals surface area contributed by atoms with E-state index < -0.39 is 0 Å². The van der Waals surface area contributed by atoms with Crippen molar-refractivity contribution in [3.8, 4) is 0 Å². The summed E-state index contributed by atoms with van der Waals surface area (Å²) in [5, 5.41) is 7.41. The zero-order chi connectivity index (χ0) is 23.1. The fourth-order valence-corrected chi connectivity index (χ4v) is 5.05. The van der Waals surface area contributed by atoms with Crippen LogP contribution >= 0.6 is 23.2 Å². The Morgan fingerprint density at radius 1 is 1.03 bits per heavy atom. The number of amides is 2. The highest BCUT2D eigenvalue weighted by molar-refractivity contribution is 6.34. The molecule has 33 heavy (non-hydrogen) atoms. The van der Waals surface area contributed by atoms with Crippen molar-refractivity contribution < 1.29 is 9.59 Å². The molecule has 1 fully saturated rings. The standard InChI is InChI=1S/C26H23Cl2N3O2/c1-15-12-18(30-25(32)20-4-2-3-5-22(20)28)7-8-19(15)26(33)31-11-10-16-14-29-24(16)21-13-17(27)6-9-23(21)31/h2-9,12-13,16,24,29H,10-11,14H2,1H3,(H,30,32). The first-order valence-corrected chi connectivity index (χ1v) is 11.7. The summed E-state index contributed by atoms with van der Waals surface area (Å²) in [6.45, 7) is 3.49. The van der Waals surface area contributed by atoms with Crippen LogP contribution in [0.25, 0.3) is 0 Å². The van der Waals surface area contributed by atoms with Crippen LogP contribution in [-0.4, -0.2) is 24.9 Å². The lowest BCUT2D eigenvalue weighted by Gasteiger charge is -2.37. The number of carbonyl (C=O) groups is 2. The van der Waals surface area contributed by atoms with Crippen LogP contribution in [0.15, 0.2) is 60.7 Å².